The monoisotopic (exact) mass is 341 g/mol. The zero-order valence-corrected chi connectivity index (χ0v) is 13.4. The standard InChI is InChI=1S/C19H16FNO4/c20-14-8-5-13(6-9-14)7-10-17(22)25-12-11-21-18(23)15-3-1-2-4-16(15)19(21)24/h1-6,8-9H,7,10-12H2. The van der Waals surface area contributed by atoms with Gasteiger partial charge in [-0.1, -0.05) is 24.3 Å². The first-order valence-electron chi connectivity index (χ1n) is 7.91. The van der Waals surface area contributed by atoms with E-state index in [4.69, 9.17) is 4.74 Å². The molecule has 0 saturated heterocycles. The number of imide groups is 1. The fourth-order valence-corrected chi connectivity index (χ4v) is 2.66. The van der Waals surface area contributed by atoms with Crippen molar-refractivity contribution >= 4 is 17.8 Å². The van der Waals surface area contributed by atoms with E-state index in [9.17, 15) is 18.8 Å². The van der Waals surface area contributed by atoms with Gasteiger partial charge in [0.05, 0.1) is 17.7 Å². The number of nitrogens with zero attached hydrogens (tertiary/aromatic N) is 1. The lowest BCUT2D eigenvalue weighted by atomic mass is 10.1. The highest BCUT2D eigenvalue weighted by Crippen LogP contribution is 2.21. The molecule has 0 unspecified atom stereocenters. The van der Waals surface area contributed by atoms with Crippen LogP contribution in [0.2, 0.25) is 0 Å². The Kier molecular flexibility index (Phi) is 4.88. The maximum Gasteiger partial charge on any atom is 0.306 e. The second-order valence-corrected chi connectivity index (χ2v) is 5.65. The smallest absolute Gasteiger partial charge is 0.306 e. The number of hydrogen-bond donors (Lipinski definition) is 0. The van der Waals surface area contributed by atoms with Crippen molar-refractivity contribution in [3.8, 4) is 0 Å². The molecule has 1 heterocycles. The Balaban J connectivity index is 1.45. The maximum absolute atomic E-state index is 12.8. The molecule has 0 N–H and O–H groups in total. The van der Waals surface area contributed by atoms with E-state index in [2.05, 4.69) is 0 Å². The van der Waals surface area contributed by atoms with Gasteiger partial charge in [0, 0.05) is 6.42 Å². The van der Waals surface area contributed by atoms with E-state index in [1.807, 2.05) is 0 Å². The summed E-state index contributed by atoms with van der Waals surface area (Å²) in [6.07, 6.45) is 0.583. The highest BCUT2D eigenvalue weighted by Gasteiger charge is 2.34. The van der Waals surface area contributed by atoms with Crippen LogP contribution >= 0.6 is 0 Å². The van der Waals surface area contributed by atoms with Crippen LogP contribution in [0.4, 0.5) is 4.39 Å². The van der Waals surface area contributed by atoms with Crippen LogP contribution in [-0.2, 0) is 16.0 Å². The third-order valence-corrected chi connectivity index (χ3v) is 3.99. The minimum atomic E-state index is -0.430. The molecule has 0 bridgehead atoms. The van der Waals surface area contributed by atoms with Crippen molar-refractivity contribution in [3.63, 3.8) is 0 Å². The predicted octanol–water partition coefficient (Wildman–Crippen LogP) is 2.60. The number of hydrogen-bond acceptors (Lipinski definition) is 4. The summed E-state index contributed by atoms with van der Waals surface area (Å²) in [5, 5.41) is 0. The minimum absolute atomic E-state index is 0.0225. The Hall–Kier alpha value is -3.02. The highest BCUT2D eigenvalue weighted by atomic mass is 19.1. The number of fused-ring (bicyclic) bond motifs is 1. The van der Waals surface area contributed by atoms with Crippen LogP contribution in [0.25, 0.3) is 0 Å². The van der Waals surface area contributed by atoms with E-state index in [1.165, 1.54) is 12.1 Å². The molecule has 3 rings (SSSR count). The van der Waals surface area contributed by atoms with Crippen molar-refractivity contribution in [2.75, 3.05) is 13.2 Å². The quantitative estimate of drug-likeness (QED) is 0.598. The van der Waals surface area contributed by atoms with Crippen molar-refractivity contribution in [1.82, 2.24) is 4.90 Å². The van der Waals surface area contributed by atoms with Gasteiger partial charge in [0.1, 0.15) is 12.4 Å². The molecule has 25 heavy (non-hydrogen) atoms. The van der Waals surface area contributed by atoms with Gasteiger partial charge in [-0.2, -0.15) is 0 Å². The van der Waals surface area contributed by atoms with Crippen LogP contribution < -0.4 is 0 Å². The van der Waals surface area contributed by atoms with Gasteiger partial charge in [-0.25, -0.2) is 4.39 Å². The summed E-state index contributed by atoms with van der Waals surface area (Å²) in [6, 6.07) is 12.5. The van der Waals surface area contributed by atoms with Crippen LogP contribution in [0.5, 0.6) is 0 Å². The summed E-state index contributed by atoms with van der Waals surface area (Å²) in [6.45, 7) is -0.0254. The van der Waals surface area contributed by atoms with E-state index < -0.39 is 5.97 Å². The second kappa shape index (κ2) is 7.25. The molecule has 2 aromatic carbocycles. The molecule has 0 spiro atoms. The van der Waals surface area contributed by atoms with Crippen molar-refractivity contribution in [3.05, 3.63) is 71.0 Å². The number of ether oxygens (including phenoxy) is 1. The van der Waals surface area contributed by atoms with E-state index >= 15 is 0 Å². The Labute approximate surface area is 144 Å². The summed E-state index contributed by atoms with van der Waals surface area (Å²) in [4.78, 5) is 37.1. The molecule has 6 heteroatoms. The third-order valence-electron chi connectivity index (χ3n) is 3.99. The summed E-state index contributed by atoms with van der Waals surface area (Å²) < 4.78 is 17.9. The molecule has 5 nitrogen and oxygen atoms in total. The van der Waals surface area contributed by atoms with Gasteiger partial charge in [0.25, 0.3) is 11.8 Å². The van der Waals surface area contributed by atoms with Crippen molar-refractivity contribution in [1.29, 1.82) is 0 Å². The lowest BCUT2D eigenvalue weighted by Crippen LogP contribution is -2.33. The van der Waals surface area contributed by atoms with Gasteiger partial charge in [-0.15, -0.1) is 0 Å². The topological polar surface area (TPSA) is 63.7 Å². The van der Waals surface area contributed by atoms with Gasteiger partial charge in [0.15, 0.2) is 0 Å². The molecule has 0 atom stereocenters. The molecular formula is C19H16FNO4. The molecule has 0 aromatic heterocycles. The van der Waals surface area contributed by atoms with E-state index in [0.29, 0.717) is 17.5 Å². The SMILES string of the molecule is O=C(CCc1ccc(F)cc1)OCCN1C(=O)c2ccccc2C1=O. The summed E-state index contributed by atoms with van der Waals surface area (Å²) >= 11 is 0. The molecule has 2 aromatic rings. The van der Waals surface area contributed by atoms with E-state index in [1.54, 1.807) is 36.4 Å². The number of halogens is 1. The summed E-state index contributed by atoms with van der Waals surface area (Å²) in [5.74, 6) is -1.50. The van der Waals surface area contributed by atoms with Crippen LogP contribution in [-0.4, -0.2) is 35.8 Å². The first kappa shape index (κ1) is 16.8. The zero-order chi connectivity index (χ0) is 17.8. The summed E-state index contributed by atoms with van der Waals surface area (Å²) in [7, 11) is 0. The van der Waals surface area contributed by atoms with E-state index in [0.717, 1.165) is 10.5 Å². The first-order chi connectivity index (χ1) is 12.1. The average molecular weight is 341 g/mol. The number of carbonyl (C=O) groups excluding carboxylic acids is 3. The molecule has 0 fully saturated rings. The molecular weight excluding hydrogens is 325 g/mol. The third kappa shape index (κ3) is 3.74. The van der Waals surface area contributed by atoms with Crippen molar-refractivity contribution in [2.45, 2.75) is 12.8 Å². The Morgan fingerprint density at radius 2 is 1.56 bits per heavy atom. The lowest BCUT2D eigenvalue weighted by Gasteiger charge is -2.13. The minimum Gasteiger partial charge on any atom is -0.464 e. The number of carbonyl (C=O) groups is 3. The lowest BCUT2D eigenvalue weighted by molar-refractivity contribution is -0.143. The second-order valence-electron chi connectivity index (χ2n) is 5.65. The largest absolute Gasteiger partial charge is 0.464 e. The van der Waals surface area contributed by atoms with Crippen LogP contribution in [0, 0.1) is 5.82 Å². The maximum atomic E-state index is 12.8. The molecule has 0 saturated carbocycles. The fourth-order valence-electron chi connectivity index (χ4n) is 2.66. The van der Waals surface area contributed by atoms with Gasteiger partial charge in [-0.05, 0) is 36.2 Å². The predicted molar refractivity (Wildman–Crippen MR) is 87.5 cm³/mol. The number of aryl methyl sites for hydroxylation is 1. The number of amides is 2. The molecule has 1 aliphatic rings. The Bertz CT molecular complexity index is 781. The number of rotatable bonds is 6. The highest BCUT2D eigenvalue weighted by molar-refractivity contribution is 6.21. The van der Waals surface area contributed by atoms with Crippen molar-refractivity contribution < 1.29 is 23.5 Å². The molecule has 2 amide bonds. The molecule has 128 valence electrons. The Morgan fingerprint density at radius 3 is 2.16 bits per heavy atom. The molecule has 0 radical (unpaired) electrons. The zero-order valence-electron chi connectivity index (χ0n) is 13.4. The fraction of sp³-hybridized carbons (Fsp3) is 0.211. The van der Waals surface area contributed by atoms with Gasteiger partial charge < -0.3 is 4.74 Å². The molecule has 1 aliphatic heterocycles. The van der Waals surface area contributed by atoms with Crippen molar-refractivity contribution in [2.24, 2.45) is 0 Å². The first-order valence-corrected chi connectivity index (χ1v) is 7.91. The molecule has 0 aliphatic carbocycles. The van der Waals surface area contributed by atoms with Gasteiger partial charge >= 0.3 is 5.97 Å². The average Bonchev–Trinajstić information content (AvgIpc) is 2.86. The van der Waals surface area contributed by atoms with Gasteiger partial charge in [0.2, 0.25) is 0 Å². The number of benzene rings is 2. The van der Waals surface area contributed by atoms with Crippen LogP contribution in [0.1, 0.15) is 32.7 Å². The van der Waals surface area contributed by atoms with Crippen LogP contribution in [0.15, 0.2) is 48.5 Å². The van der Waals surface area contributed by atoms with Gasteiger partial charge in [-0.3, -0.25) is 19.3 Å². The van der Waals surface area contributed by atoms with E-state index in [-0.39, 0.29) is 37.2 Å². The summed E-state index contributed by atoms with van der Waals surface area (Å²) in [5.41, 5.74) is 1.57. The van der Waals surface area contributed by atoms with Crippen LogP contribution in [0.3, 0.4) is 0 Å². The Morgan fingerprint density at radius 1 is 0.960 bits per heavy atom. The number of esters is 1. The normalized spacial score (nSPS) is 13.1.